The van der Waals surface area contributed by atoms with Gasteiger partial charge in [0.15, 0.2) is 0 Å². The normalized spacial score (nSPS) is 18.5. The van der Waals surface area contributed by atoms with Gasteiger partial charge in [-0.3, -0.25) is 14.5 Å². The van der Waals surface area contributed by atoms with Gasteiger partial charge in [-0.05, 0) is 34.9 Å². The van der Waals surface area contributed by atoms with Crippen molar-refractivity contribution in [3.63, 3.8) is 0 Å². The minimum absolute atomic E-state index is 0.176. The Balaban J connectivity index is 1.35. The third-order valence-electron chi connectivity index (χ3n) is 6.30. The van der Waals surface area contributed by atoms with Crippen LogP contribution in [-0.4, -0.2) is 47.5 Å². The lowest BCUT2D eigenvalue weighted by molar-refractivity contribution is -0.146. The summed E-state index contributed by atoms with van der Waals surface area (Å²) in [4.78, 5) is 32.0. The first-order valence-corrected chi connectivity index (χ1v) is 11.1. The van der Waals surface area contributed by atoms with Crippen LogP contribution < -0.4 is 5.32 Å². The summed E-state index contributed by atoms with van der Waals surface area (Å²) < 4.78 is 5.07. The lowest BCUT2D eigenvalue weighted by Crippen LogP contribution is -2.38. The standard InChI is InChI=1S/C27H25N3O3/c1-33-27(32)25-15-21(28-26(31)24-14-13-19-8-3-5-12-23(19)29-24)17-30(25)16-20-10-6-9-18-7-2-4-11-22(18)20/h2-14,21,25H,15-17H2,1H3,(H,28,31)/t21-,25+/m1/s1. The molecule has 2 atom stereocenters. The second kappa shape index (κ2) is 9.00. The molecule has 1 amide bonds. The number of carbonyl (C=O) groups excluding carboxylic acids is 2. The summed E-state index contributed by atoms with van der Waals surface area (Å²) in [6.45, 7) is 1.16. The number of nitrogens with one attached hydrogen (secondary N) is 1. The van der Waals surface area contributed by atoms with E-state index in [2.05, 4.69) is 39.5 Å². The largest absolute Gasteiger partial charge is 0.468 e. The lowest BCUT2D eigenvalue weighted by Gasteiger charge is -2.23. The van der Waals surface area contributed by atoms with Crippen LogP contribution in [0.4, 0.5) is 0 Å². The number of nitrogens with zero attached hydrogens (tertiary/aromatic N) is 2. The molecule has 5 rings (SSSR count). The van der Waals surface area contributed by atoms with Crippen LogP contribution in [-0.2, 0) is 16.1 Å². The average molecular weight is 440 g/mol. The van der Waals surface area contributed by atoms with E-state index in [0.29, 0.717) is 25.2 Å². The Morgan fingerprint density at radius 3 is 2.58 bits per heavy atom. The fraction of sp³-hybridized carbons (Fsp3) is 0.222. The first-order chi connectivity index (χ1) is 16.1. The number of pyridine rings is 1. The van der Waals surface area contributed by atoms with Crippen molar-refractivity contribution in [2.45, 2.75) is 25.0 Å². The van der Waals surface area contributed by atoms with Crippen LogP contribution in [0.15, 0.2) is 78.9 Å². The van der Waals surface area contributed by atoms with E-state index in [0.717, 1.165) is 27.2 Å². The third-order valence-corrected chi connectivity index (χ3v) is 6.30. The molecule has 0 radical (unpaired) electrons. The van der Waals surface area contributed by atoms with E-state index in [-0.39, 0.29) is 17.9 Å². The van der Waals surface area contributed by atoms with Gasteiger partial charge >= 0.3 is 5.97 Å². The van der Waals surface area contributed by atoms with Crippen LogP contribution in [0, 0.1) is 0 Å². The van der Waals surface area contributed by atoms with Crippen molar-refractivity contribution in [2.24, 2.45) is 0 Å². The average Bonchev–Trinajstić information content (AvgIpc) is 3.25. The maximum Gasteiger partial charge on any atom is 0.323 e. The number of aromatic nitrogens is 1. The highest BCUT2D eigenvalue weighted by molar-refractivity contribution is 5.95. The molecule has 166 valence electrons. The van der Waals surface area contributed by atoms with Crippen molar-refractivity contribution in [2.75, 3.05) is 13.7 Å². The lowest BCUT2D eigenvalue weighted by atomic mass is 10.0. The Hall–Kier alpha value is -3.77. The van der Waals surface area contributed by atoms with E-state index in [4.69, 9.17) is 4.74 Å². The number of para-hydroxylation sites is 1. The number of methoxy groups -OCH3 is 1. The third kappa shape index (κ3) is 4.30. The van der Waals surface area contributed by atoms with E-state index < -0.39 is 6.04 Å². The molecule has 4 aromatic rings. The Morgan fingerprint density at radius 1 is 0.970 bits per heavy atom. The molecule has 0 aliphatic carbocycles. The van der Waals surface area contributed by atoms with Crippen LogP contribution in [0.25, 0.3) is 21.7 Å². The fourth-order valence-electron chi connectivity index (χ4n) is 4.67. The minimum atomic E-state index is -0.413. The van der Waals surface area contributed by atoms with Crippen LogP contribution in [0.1, 0.15) is 22.5 Å². The van der Waals surface area contributed by atoms with E-state index in [1.165, 1.54) is 7.11 Å². The first kappa shape index (κ1) is 21.1. The number of benzene rings is 3. The van der Waals surface area contributed by atoms with Crippen molar-refractivity contribution >= 4 is 33.6 Å². The van der Waals surface area contributed by atoms with Gasteiger partial charge in [-0.15, -0.1) is 0 Å². The zero-order chi connectivity index (χ0) is 22.8. The maximum absolute atomic E-state index is 12.9. The van der Waals surface area contributed by atoms with E-state index in [1.807, 2.05) is 48.5 Å². The molecule has 0 unspecified atom stereocenters. The van der Waals surface area contributed by atoms with Crippen LogP contribution in [0.3, 0.4) is 0 Å². The summed E-state index contributed by atoms with van der Waals surface area (Å²) in [5.74, 6) is -0.516. The number of amides is 1. The van der Waals surface area contributed by atoms with Crippen molar-refractivity contribution in [1.29, 1.82) is 0 Å². The second-order valence-corrected chi connectivity index (χ2v) is 8.40. The van der Waals surface area contributed by atoms with Crippen molar-refractivity contribution < 1.29 is 14.3 Å². The molecule has 2 heterocycles. The molecule has 6 heteroatoms. The highest BCUT2D eigenvalue weighted by Crippen LogP contribution is 2.26. The number of esters is 1. The van der Waals surface area contributed by atoms with E-state index in [1.54, 1.807) is 6.07 Å². The summed E-state index contributed by atoms with van der Waals surface area (Å²) in [7, 11) is 1.41. The number of rotatable bonds is 5. The maximum atomic E-state index is 12.9. The zero-order valence-corrected chi connectivity index (χ0v) is 18.4. The molecule has 1 aliphatic heterocycles. The SMILES string of the molecule is COC(=O)[C@@H]1C[C@@H](NC(=O)c2ccc3ccccc3n2)CN1Cc1cccc2ccccc12. The number of hydrogen-bond donors (Lipinski definition) is 1. The smallest absolute Gasteiger partial charge is 0.323 e. The predicted octanol–water partition coefficient (Wildman–Crippen LogP) is 3.93. The molecule has 1 aromatic heterocycles. The Labute approximate surface area is 192 Å². The molecule has 1 N–H and O–H groups in total. The summed E-state index contributed by atoms with van der Waals surface area (Å²) in [6.07, 6.45) is 0.497. The van der Waals surface area contributed by atoms with Crippen molar-refractivity contribution in [3.8, 4) is 0 Å². The highest BCUT2D eigenvalue weighted by Gasteiger charge is 2.38. The van der Waals surface area contributed by atoms with E-state index in [9.17, 15) is 9.59 Å². The number of likely N-dealkylation sites (tertiary alicyclic amines) is 1. The predicted molar refractivity (Wildman–Crippen MR) is 128 cm³/mol. The molecular weight excluding hydrogens is 414 g/mol. The molecule has 6 nitrogen and oxygen atoms in total. The van der Waals surface area contributed by atoms with Gasteiger partial charge in [0.1, 0.15) is 11.7 Å². The number of hydrogen-bond acceptors (Lipinski definition) is 5. The van der Waals surface area contributed by atoms with Gasteiger partial charge in [0.2, 0.25) is 0 Å². The van der Waals surface area contributed by atoms with Gasteiger partial charge in [0, 0.05) is 24.5 Å². The van der Waals surface area contributed by atoms with Crippen LogP contribution in [0.2, 0.25) is 0 Å². The minimum Gasteiger partial charge on any atom is -0.468 e. The number of carbonyl (C=O) groups is 2. The molecule has 1 aliphatic rings. The first-order valence-electron chi connectivity index (χ1n) is 11.1. The summed E-state index contributed by atoms with van der Waals surface area (Å²) >= 11 is 0. The summed E-state index contributed by atoms with van der Waals surface area (Å²) in [6, 6.07) is 25.2. The summed E-state index contributed by atoms with van der Waals surface area (Å²) in [5.41, 5.74) is 2.29. The Kier molecular flexibility index (Phi) is 5.75. The zero-order valence-electron chi connectivity index (χ0n) is 18.4. The number of ether oxygens (including phenoxy) is 1. The molecule has 0 saturated carbocycles. The van der Waals surface area contributed by atoms with Crippen molar-refractivity contribution in [3.05, 3.63) is 90.1 Å². The van der Waals surface area contributed by atoms with Gasteiger partial charge in [0.25, 0.3) is 5.91 Å². The molecular formula is C27H25N3O3. The number of fused-ring (bicyclic) bond motifs is 2. The quantitative estimate of drug-likeness (QED) is 0.477. The summed E-state index contributed by atoms with van der Waals surface area (Å²) in [5, 5.41) is 6.39. The highest BCUT2D eigenvalue weighted by atomic mass is 16.5. The second-order valence-electron chi connectivity index (χ2n) is 8.40. The van der Waals surface area contributed by atoms with Gasteiger partial charge in [-0.2, -0.15) is 0 Å². The molecule has 0 bridgehead atoms. The van der Waals surface area contributed by atoms with Gasteiger partial charge < -0.3 is 10.1 Å². The monoisotopic (exact) mass is 439 g/mol. The van der Waals surface area contributed by atoms with Gasteiger partial charge in [-0.25, -0.2) is 4.98 Å². The molecule has 1 fully saturated rings. The van der Waals surface area contributed by atoms with Crippen LogP contribution >= 0.6 is 0 Å². The van der Waals surface area contributed by atoms with E-state index >= 15 is 0 Å². The molecule has 1 saturated heterocycles. The van der Waals surface area contributed by atoms with Gasteiger partial charge in [-0.1, -0.05) is 66.7 Å². The van der Waals surface area contributed by atoms with Crippen molar-refractivity contribution in [1.82, 2.24) is 15.2 Å². The van der Waals surface area contributed by atoms with Gasteiger partial charge in [0.05, 0.1) is 12.6 Å². The molecule has 0 spiro atoms. The molecule has 33 heavy (non-hydrogen) atoms. The fourth-order valence-corrected chi connectivity index (χ4v) is 4.67. The topological polar surface area (TPSA) is 71.5 Å². The molecule has 3 aromatic carbocycles. The van der Waals surface area contributed by atoms with Crippen LogP contribution in [0.5, 0.6) is 0 Å². The Morgan fingerprint density at radius 2 is 1.73 bits per heavy atom. The Bertz CT molecular complexity index is 1330.